The fraction of sp³-hybridized carbons (Fsp3) is 0.0833. The van der Waals surface area contributed by atoms with E-state index in [2.05, 4.69) is 10.1 Å². The van der Waals surface area contributed by atoms with Gasteiger partial charge in [-0.2, -0.15) is 5.10 Å². The summed E-state index contributed by atoms with van der Waals surface area (Å²) >= 11 is 0. The van der Waals surface area contributed by atoms with Crippen LogP contribution in [-0.2, 0) is 11.3 Å². The number of aliphatic carboxylic acids is 1. The fourth-order valence-corrected chi connectivity index (χ4v) is 1.45. The Morgan fingerprint density at radius 3 is 2.94 bits per heavy atom. The minimum atomic E-state index is -1.07. The zero-order valence-corrected chi connectivity index (χ0v) is 9.32. The van der Waals surface area contributed by atoms with Crippen molar-refractivity contribution >= 4 is 12.0 Å². The molecular weight excluding hydrogens is 237 g/mol. The Morgan fingerprint density at radius 1 is 1.50 bits per heavy atom. The Balaban J connectivity index is 2.17. The number of carboxylic acids is 1. The smallest absolute Gasteiger partial charge is 0.328 e. The molecule has 0 bridgehead atoms. The first-order valence-electron chi connectivity index (χ1n) is 5.17. The van der Waals surface area contributed by atoms with E-state index < -0.39 is 11.8 Å². The molecule has 1 aromatic heterocycles. The SMILES string of the molecule is O=C(O)C=Cc1ccc(Cn2cncn2)c(F)c1. The lowest BCUT2D eigenvalue weighted by atomic mass is 10.1. The van der Waals surface area contributed by atoms with Gasteiger partial charge in [0.05, 0.1) is 6.54 Å². The molecule has 0 unspecified atom stereocenters. The number of hydrogen-bond acceptors (Lipinski definition) is 3. The molecule has 0 spiro atoms. The maximum absolute atomic E-state index is 13.7. The number of aromatic nitrogens is 3. The van der Waals surface area contributed by atoms with Gasteiger partial charge < -0.3 is 5.11 Å². The average Bonchev–Trinajstić information content (AvgIpc) is 2.82. The summed E-state index contributed by atoms with van der Waals surface area (Å²) in [7, 11) is 0. The third-order valence-corrected chi connectivity index (χ3v) is 2.29. The van der Waals surface area contributed by atoms with Gasteiger partial charge in [0.2, 0.25) is 0 Å². The molecule has 0 atom stereocenters. The fourth-order valence-electron chi connectivity index (χ4n) is 1.45. The predicted molar refractivity (Wildman–Crippen MR) is 62.2 cm³/mol. The van der Waals surface area contributed by atoms with Gasteiger partial charge in [-0.1, -0.05) is 12.1 Å². The Kier molecular flexibility index (Phi) is 3.47. The molecule has 0 aliphatic carbocycles. The standard InChI is InChI=1S/C12H10FN3O2/c13-11-5-9(2-4-12(17)18)1-3-10(11)6-16-8-14-7-15-16/h1-5,7-8H,6H2,(H,17,18). The molecule has 0 fully saturated rings. The van der Waals surface area contributed by atoms with E-state index in [0.29, 0.717) is 11.1 Å². The van der Waals surface area contributed by atoms with Crippen LogP contribution in [0.15, 0.2) is 36.9 Å². The highest BCUT2D eigenvalue weighted by atomic mass is 19.1. The summed E-state index contributed by atoms with van der Waals surface area (Å²) < 4.78 is 15.2. The van der Waals surface area contributed by atoms with Crippen molar-refractivity contribution in [2.45, 2.75) is 6.54 Å². The number of halogens is 1. The van der Waals surface area contributed by atoms with Gasteiger partial charge in [-0.25, -0.2) is 18.9 Å². The zero-order valence-electron chi connectivity index (χ0n) is 9.32. The van der Waals surface area contributed by atoms with Crippen molar-refractivity contribution in [1.29, 1.82) is 0 Å². The zero-order chi connectivity index (χ0) is 13.0. The van der Waals surface area contributed by atoms with E-state index in [1.165, 1.54) is 29.5 Å². The van der Waals surface area contributed by atoms with Crippen LogP contribution in [-0.4, -0.2) is 25.8 Å². The Labute approximate surface area is 102 Å². The van der Waals surface area contributed by atoms with Gasteiger partial charge >= 0.3 is 5.97 Å². The van der Waals surface area contributed by atoms with E-state index >= 15 is 0 Å². The highest BCUT2D eigenvalue weighted by molar-refractivity contribution is 5.85. The van der Waals surface area contributed by atoms with Gasteiger partial charge in [0.15, 0.2) is 0 Å². The molecule has 0 aliphatic rings. The summed E-state index contributed by atoms with van der Waals surface area (Å²) in [6, 6.07) is 4.53. The minimum absolute atomic E-state index is 0.286. The molecule has 18 heavy (non-hydrogen) atoms. The second-order valence-electron chi connectivity index (χ2n) is 3.62. The van der Waals surface area contributed by atoms with Gasteiger partial charge in [-0.05, 0) is 17.7 Å². The van der Waals surface area contributed by atoms with Crippen LogP contribution < -0.4 is 0 Å². The number of carboxylic acid groups (broad SMARTS) is 1. The van der Waals surface area contributed by atoms with E-state index in [-0.39, 0.29) is 6.54 Å². The predicted octanol–water partition coefficient (Wildman–Crippen LogP) is 1.56. The lowest BCUT2D eigenvalue weighted by molar-refractivity contribution is -0.131. The van der Waals surface area contributed by atoms with E-state index in [9.17, 15) is 9.18 Å². The second-order valence-corrected chi connectivity index (χ2v) is 3.62. The van der Waals surface area contributed by atoms with Crippen LogP contribution in [0.4, 0.5) is 4.39 Å². The monoisotopic (exact) mass is 247 g/mol. The Bertz CT molecular complexity index is 579. The van der Waals surface area contributed by atoms with Crippen LogP contribution in [0.2, 0.25) is 0 Å². The summed E-state index contributed by atoms with van der Waals surface area (Å²) in [6.07, 6.45) is 5.18. The molecule has 92 valence electrons. The van der Waals surface area contributed by atoms with Crippen LogP contribution in [0, 0.1) is 5.82 Å². The normalized spacial score (nSPS) is 10.9. The van der Waals surface area contributed by atoms with Crippen LogP contribution in [0.3, 0.4) is 0 Å². The first kappa shape index (κ1) is 12.0. The summed E-state index contributed by atoms with van der Waals surface area (Å²) in [4.78, 5) is 14.1. The molecule has 0 aliphatic heterocycles. The maximum Gasteiger partial charge on any atom is 0.328 e. The first-order chi connectivity index (χ1) is 8.65. The highest BCUT2D eigenvalue weighted by Crippen LogP contribution is 2.12. The third kappa shape index (κ3) is 3.00. The molecule has 1 N–H and O–H groups in total. The van der Waals surface area contributed by atoms with Crippen molar-refractivity contribution in [2.75, 3.05) is 0 Å². The molecule has 0 saturated carbocycles. The van der Waals surface area contributed by atoms with Crippen LogP contribution in [0.1, 0.15) is 11.1 Å². The summed E-state index contributed by atoms with van der Waals surface area (Å²) in [5.74, 6) is -1.47. The molecule has 5 nitrogen and oxygen atoms in total. The quantitative estimate of drug-likeness (QED) is 0.832. The van der Waals surface area contributed by atoms with Crippen molar-refractivity contribution in [3.05, 3.63) is 53.9 Å². The van der Waals surface area contributed by atoms with Crippen molar-refractivity contribution < 1.29 is 14.3 Å². The number of carbonyl (C=O) groups is 1. The number of hydrogen-bond donors (Lipinski definition) is 1. The number of rotatable bonds is 4. The third-order valence-electron chi connectivity index (χ3n) is 2.29. The van der Waals surface area contributed by atoms with Gasteiger partial charge in [0.25, 0.3) is 0 Å². The minimum Gasteiger partial charge on any atom is -0.478 e. The van der Waals surface area contributed by atoms with Crippen LogP contribution in [0.25, 0.3) is 6.08 Å². The summed E-state index contributed by atoms with van der Waals surface area (Å²) in [5.41, 5.74) is 0.963. The van der Waals surface area contributed by atoms with Gasteiger partial charge in [-0.3, -0.25) is 0 Å². The van der Waals surface area contributed by atoms with E-state index in [1.807, 2.05) is 0 Å². The largest absolute Gasteiger partial charge is 0.478 e. The van der Waals surface area contributed by atoms with Crippen molar-refractivity contribution in [3.63, 3.8) is 0 Å². The van der Waals surface area contributed by atoms with Gasteiger partial charge in [-0.15, -0.1) is 0 Å². The summed E-state index contributed by atoms with van der Waals surface area (Å²) in [5, 5.41) is 12.4. The number of nitrogens with zero attached hydrogens (tertiary/aromatic N) is 3. The molecule has 1 aromatic carbocycles. The van der Waals surface area contributed by atoms with Gasteiger partial charge in [0.1, 0.15) is 18.5 Å². The van der Waals surface area contributed by atoms with Crippen molar-refractivity contribution in [1.82, 2.24) is 14.8 Å². The first-order valence-corrected chi connectivity index (χ1v) is 5.17. The molecule has 6 heteroatoms. The topological polar surface area (TPSA) is 68.0 Å². The Morgan fingerprint density at radius 2 is 2.33 bits per heavy atom. The highest BCUT2D eigenvalue weighted by Gasteiger charge is 2.04. The van der Waals surface area contributed by atoms with Crippen LogP contribution >= 0.6 is 0 Å². The number of benzene rings is 1. The molecule has 0 amide bonds. The molecule has 2 rings (SSSR count). The van der Waals surface area contributed by atoms with E-state index in [0.717, 1.165) is 6.08 Å². The molecule has 2 aromatic rings. The molecule has 0 radical (unpaired) electrons. The Hall–Kier alpha value is -2.50. The average molecular weight is 247 g/mol. The van der Waals surface area contributed by atoms with E-state index in [4.69, 9.17) is 5.11 Å². The molecule has 1 heterocycles. The van der Waals surface area contributed by atoms with E-state index in [1.54, 1.807) is 12.1 Å². The second kappa shape index (κ2) is 5.22. The lowest BCUT2D eigenvalue weighted by Crippen LogP contribution is -2.02. The maximum atomic E-state index is 13.7. The van der Waals surface area contributed by atoms with Crippen molar-refractivity contribution in [2.24, 2.45) is 0 Å². The van der Waals surface area contributed by atoms with Gasteiger partial charge in [0, 0.05) is 11.6 Å². The van der Waals surface area contributed by atoms with Crippen molar-refractivity contribution in [3.8, 4) is 0 Å². The lowest BCUT2D eigenvalue weighted by Gasteiger charge is -2.04. The summed E-state index contributed by atoms with van der Waals surface area (Å²) in [6.45, 7) is 0.286. The van der Waals surface area contributed by atoms with Crippen LogP contribution in [0.5, 0.6) is 0 Å². The molecular formula is C12H10FN3O2. The molecule has 0 saturated heterocycles.